The summed E-state index contributed by atoms with van der Waals surface area (Å²) < 4.78 is 35.6. The maximum absolute atomic E-state index is 12.2. The molecule has 0 aliphatic carbocycles. The lowest BCUT2D eigenvalue weighted by Crippen LogP contribution is -2.29. The van der Waals surface area contributed by atoms with Gasteiger partial charge < -0.3 is 14.8 Å². The zero-order chi connectivity index (χ0) is 20.3. The topological polar surface area (TPSA) is 97.8 Å². The quantitative estimate of drug-likeness (QED) is 0.732. The highest BCUT2D eigenvalue weighted by molar-refractivity contribution is 7.89. The lowest BCUT2D eigenvalue weighted by Gasteiger charge is -2.13. The molecule has 2 aromatic rings. The predicted octanol–water partition coefficient (Wildman–Crippen LogP) is 2.50. The second kappa shape index (κ2) is 8.46. The minimum Gasteiger partial charge on any atom is -0.493 e. The third-order valence-electron chi connectivity index (χ3n) is 4.49. The zero-order valence-electron chi connectivity index (χ0n) is 16.0. The van der Waals surface area contributed by atoms with E-state index in [9.17, 15) is 13.2 Å². The largest absolute Gasteiger partial charge is 0.493 e. The van der Waals surface area contributed by atoms with Crippen molar-refractivity contribution in [1.82, 2.24) is 9.29 Å². The van der Waals surface area contributed by atoms with Crippen LogP contribution in [0.15, 0.2) is 18.2 Å². The van der Waals surface area contributed by atoms with Gasteiger partial charge >= 0.3 is 0 Å². The fraction of sp³-hybridized carbons (Fsp3) is 0.444. The molecule has 3 rings (SSSR count). The molecule has 1 aromatic heterocycles. The fourth-order valence-electron chi connectivity index (χ4n) is 3.05. The summed E-state index contributed by atoms with van der Waals surface area (Å²) in [5, 5.41) is 3.25. The van der Waals surface area contributed by atoms with Crippen LogP contribution in [0.4, 0.5) is 5.13 Å². The van der Waals surface area contributed by atoms with E-state index < -0.39 is 10.0 Å². The summed E-state index contributed by atoms with van der Waals surface area (Å²) >= 11 is 1.37. The van der Waals surface area contributed by atoms with E-state index in [1.807, 2.05) is 25.1 Å². The molecule has 0 radical (unpaired) electrons. The number of thiazole rings is 1. The number of nitrogens with zero attached hydrogens (tertiary/aromatic N) is 2. The van der Waals surface area contributed by atoms with Crippen LogP contribution < -0.4 is 14.8 Å². The molecule has 152 valence electrons. The average molecular weight is 426 g/mol. The van der Waals surface area contributed by atoms with Crippen molar-refractivity contribution < 1.29 is 22.7 Å². The van der Waals surface area contributed by atoms with Gasteiger partial charge in [0.2, 0.25) is 15.9 Å². The maximum atomic E-state index is 12.2. The molecule has 2 heterocycles. The minimum absolute atomic E-state index is 0.101. The number of aryl methyl sites for hydroxylation is 1. The van der Waals surface area contributed by atoms with Crippen molar-refractivity contribution in [3.8, 4) is 22.8 Å². The Labute approximate surface area is 168 Å². The van der Waals surface area contributed by atoms with Gasteiger partial charge in [-0.15, -0.1) is 11.3 Å². The zero-order valence-corrected chi connectivity index (χ0v) is 17.7. The van der Waals surface area contributed by atoms with Gasteiger partial charge in [-0.3, -0.25) is 4.79 Å². The molecule has 0 spiro atoms. The Hall–Kier alpha value is -2.17. The van der Waals surface area contributed by atoms with Crippen molar-refractivity contribution in [1.29, 1.82) is 0 Å². The van der Waals surface area contributed by atoms with Gasteiger partial charge in [0.1, 0.15) is 0 Å². The highest BCUT2D eigenvalue weighted by atomic mass is 32.2. The van der Waals surface area contributed by atoms with Gasteiger partial charge in [0.25, 0.3) is 0 Å². The van der Waals surface area contributed by atoms with Gasteiger partial charge in [0, 0.05) is 30.0 Å². The minimum atomic E-state index is -3.19. The summed E-state index contributed by atoms with van der Waals surface area (Å²) in [6, 6.07) is 5.53. The molecular formula is C18H23N3O5S2. The molecule has 0 bridgehead atoms. The molecule has 1 aliphatic rings. The van der Waals surface area contributed by atoms with Crippen LogP contribution in [0.25, 0.3) is 11.3 Å². The molecule has 1 saturated heterocycles. The van der Waals surface area contributed by atoms with E-state index in [0.717, 1.165) is 16.1 Å². The van der Waals surface area contributed by atoms with Crippen LogP contribution in [0.5, 0.6) is 11.5 Å². The highest BCUT2D eigenvalue weighted by Crippen LogP contribution is 2.36. The lowest BCUT2D eigenvalue weighted by molar-refractivity contribution is -0.116. The van der Waals surface area contributed by atoms with Crippen molar-refractivity contribution in [2.75, 3.05) is 38.4 Å². The first-order chi connectivity index (χ1) is 13.3. The smallest absolute Gasteiger partial charge is 0.227 e. The SMILES string of the molecule is COc1ccc(-c2nc(NC(=O)CCN3CCCS3(=O)=O)sc2C)cc1OC. The van der Waals surface area contributed by atoms with Crippen LogP contribution in [0, 0.1) is 6.92 Å². The van der Waals surface area contributed by atoms with E-state index >= 15 is 0 Å². The number of carbonyl (C=O) groups excluding carboxylic acids is 1. The third-order valence-corrected chi connectivity index (χ3v) is 7.33. The van der Waals surface area contributed by atoms with E-state index in [1.54, 1.807) is 14.2 Å². The number of methoxy groups -OCH3 is 2. The van der Waals surface area contributed by atoms with Crippen molar-refractivity contribution in [3.05, 3.63) is 23.1 Å². The van der Waals surface area contributed by atoms with Crippen molar-refractivity contribution >= 4 is 32.4 Å². The number of rotatable bonds is 7. The van der Waals surface area contributed by atoms with Gasteiger partial charge in [-0.2, -0.15) is 0 Å². The van der Waals surface area contributed by atoms with E-state index in [2.05, 4.69) is 10.3 Å². The van der Waals surface area contributed by atoms with E-state index in [4.69, 9.17) is 9.47 Å². The van der Waals surface area contributed by atoms with Crippen LogP contribution >= 0.6 is 11.3 Å². The van der Waals surface area contributed by atoms with Crippen molar-refractivity contribution in [3.63, 3.8) is 0 Å². The summed E-state index contributed by atoms with van der Waals surface area (Å²) in [5.74, 6) is 1.14. The Morgan fingerprint density at radius 1 is 1.29 bits per heavy atom. The Balaban J connectivity index is 1.68. The summed E-state index contributed by atoms with van der Waals surface area (Å²) in [5.41, 5.74) is 1.61. The molecule has 10 heteroatoms. The van der Waals surface area contributed by atoms with Gasteiger partial charge in [0.15, 0.2) is 16.6 Å². The molecule has 1 aliphatic heterocycles. The number of anilines is 1. The maximum Gasteiger partial charge on any atom is 0.227 e. The molecule has 1 fully saturated rings. The molecule has 1 N–H and O–H groups in total. The third kappa shape index (κ3) is 4.45. The van der Waals surface area contributed by atoms with E-state index in [0.29, 0.717) is 29.6 Å². The number of sulfonamides is 1. The number of nitrogens with one attached hydrogen (secondary N) is 1. The first kappa shape index (κ1) is 20.6. The normalized spacial score (nSPS) is 16.1. The molecule has 0 unspecified atom stereocenters. The number of carbonyl (C=O) groups is 1. The predicted molar refractivity (Wildman–Crippen MR) is 109 cm³/mol. The number of hydrogen-bond donors (Lipinski definition) is 1. The number of aromatic nitrogens is 1. The number of benzene rings is 1. The molecule has 0 saturated carbocycles. The van der Waals surface area contributed by atoms with Crippen LogP contribution in [0.3, 0.4) is 0 Å². The Kier molecular flexibility index (Phi) is 6.21. The molecule has 28 heavy (non-hydrogen) atoms. The number of amides is 1. The van der Waals surface area contributed by atoms with Crippen molar-refractivity contribution in [2.45, 2.75) is 19.8 Å². The average Bonchev–Trinajstić information content (AvgIpc) is 3.20. The lowest BCUT2D eigenvalue weighted by atomic mass is 10.1. The molecule has 1 aromatic carbocycles. The second-order valence-electron chi connectivity index (χ2n) is 6.36. The van der Waals surface area contributed by atoms with Gasteiger partial charge in [-0.25, -0.2) is 17.7 Å². The second-order valence-corrected chi connectivity index (χ2v) is 9.65. The number of ether oxygens (including phenoxy) is 2. The Morgan fingerprint density at radius 2 is 2.04 bits per heavy atom. The van der Waals surface area contributed by atoms with Gasteiger partial charge in [-0.05, 0) is 31.5 Å². The van der Waals surface area contributed by atoms with E-state index in [1.165, 1.54) is 15.6 Å². The first-order valence-corrected chi connectivity index (χ1v) is 11.2. The van der Waals surface area contributed by atoms with Gasteiger partial charge in [0.05, 0.1) is 25.7 Å². The first-order valence-electron chi connectivity index (χ1n) is 8.81. The van der Waals surface area contributed by atoms with Crippen LogP contribution in [-0.2, 0) is 14.8 Å². The standard InChI is InChI=1S/C18H23N3O5S2/c1-12-17(13-5-6-14(25-2)15(11-13)26-3)20-18(27-12)19-16(22)7-9-21-8-4-10-28(21,23)24/h5-6,11H,4,7-10H2,1-3H3,(H,19,20,22). The van der Waals surface area contributed by atoms with Crippen LogP contribution in [-0.4, -0.2) is 56.7 Å². The summed E-state index contributed by atoms with van der Waals surface area (Å²) in [6.07, 6.45) is 0.716. The fourth-order valence-corrected chi connectivity index (χ4v) is 5.43. The summed E-state index contributed by atoms with van der Waals surface area (Å²) in [7, 11) is -0.0412. The summed E-state index contributed by atoms with van der Waals surface area (Å²) in [6.45, 7) is 2.60. The van der Waals surface area contributed by atoms with Crippen LogP contribution in [0.1, 0.15) is 17.7 Å². The molecule has 8 nitrogen and oxygen atoms in total. The van der Waals surface area contributed by atoms with Gasteiger partial charge in [-0.1, -0.05) is 0 Å². The Morgan fingerprint density at radius 3 is 2.68 bits per heavy atom. The molecular weight excluding hydrogens is 402 g/mol. The van der Waals surface area contributed by atoms with Crippen molar-refractivity contribution in [2.24, 2.45) is 0 Å². The summed E-state index contributed by atoms with van der Waals surface area (Å²) in [4.78, 5) is 17.7. The number of hydrogen-bond acceptors (Lipinski definition) is 7. The monoisotopic (exact) mass is 425 g/mol. The highest BCUT2D eigenvalue weighted by Gasteiger charge is 2.28. The van der Waals surface area contributed by atoms with E-state index in [-0.39, 0.29) is 24.6 Å². The molecule has 1 amide bonds. The van der Waals surface area contributed by atoms with Crippen LogP contribution in [0.2, 0.25) is 0 Å². The Bertz CT molecular complexity index is 972. The molecule has 0 atom stereocenters.